The average molecular weight is 240 g/mol. The van der Waals surface area contributed by atoms with Crippen LogP contribution in [0, 0.1) is 5.92 Å². The summed E-state index contributed by atoms with van der Waals surface area (Å²) in [4.78, 5) is 0. The molecule has 15 heavy (non-hydrogen) atoms. The Bertz CT molecular complexity index is 186. The predicted molar refractivity (Wildman–Crippen MR) is 40.0 cm³/mol. The van der Waals surface area contributed by atoms with Crippen molar-refractivity contribution < 1.29 is 30.7 Å². The van der Waals surface area contributed by atoms with E-state index >= 15 is 0 Å². The van der Waals surface area contributed by atoms with Crippen LogP contribution in [0.25, 0.3) is 0 Å². The van der Waals surface area contributed by atoms with Crippen LogP contribution in [0.1, 0.15) is 26.7 Å². The Hall–Kier alpha value is -0.490. The number of rotatable bonds is 3. The molecule has 92 valence electrons. The highest BCUT2D eigenvalue weighted by atomic mass is 19.4. The van der Waals surface area contributed by atoms with E-state index < -0.39 is 36.8 Å². The minimum Gasteiger partial charge on any atom is -0.224 e. The van der Waals surface area contributed by atoms with E-state index in [9.17, 15) is 30.7 Å². The second-order valence-electron chi connectivity index (χ2n) is 3.73. The van der Waals surface area contributed by atoms with Gasteiger partial charge in [-0.1, -0.05) is 13.8 Å². The highest BCUT2D eigenvalue weighted by Gasteiger charge is 2.71. The molecule has 0 aliphatic carbocycles. The lowest BCUT2D eigenvalue weighted by Gasteiger charge is -2.30. The highest BCUT2D eigenvalue weighted by molar-refractivity contribution is 4.94. The van der Waals surface area contributed by atoms with Crippen molar-refractivity contribution in [1.29, 1.82) is 0 Å². The third-order valence-electron chi connectivity index (χ3n) is 1.96. The van der Waals surface area contributed by atoms with Gasteiger partial charge in [0, 0.05) is 0 Å². The first kappa shape index (κ1) is 14.5. The Morgan fingerprint density at radius 1 is 0.800 bits per heavy atom. The lowest BCUT2D eigenvalue weighted by atomic mass is 9.94. The first-order valence-electron chi connectivity index (χ1n) is 4.24. The van der Waals surface area contributed by atoms with Crippen molar-refractivity contribution in [1.82, 2.24) is 0 Å². The predicted octanol–water partition coefficient (Wildman–Crippen LogP) is 4.26. The molecular weight excluding hydrogens is 229 g/mol. The maximum Gasteiger partial charge on any atom is 0.431 e. The van der Waals surface area contributed by atoms with Crippen molar-refractivity contribution in [3.63, 3.8) is 0 Å². The van der Waals surface area contributed by atoms with Crippen LogP contribution in [0.15, 0.2) is 0 Å². The van der Waals surface area contributed by atoms with E-state index in [2.05, 4.69) is 0 Å². The molecule has 0 bridgehead atoms. The smallest absolute Gasteiger partial charge is 0.224 e. The van der Waals surface area contributed by atoms with Gasteiger partial charge in [0.2, 0.25) is 0 Å². The molecule has 0 radical (unpaired) electrons. The Morgan fingerprint density at radius 2 is 1.13 bits per heavy atom. The van der Waals surface area contributed by atoms with Crippen molar-refractivity contribution in [2.75, 3.05) is 0 Å². The molecule has 0 aromatic carbocycles. The minimum absolute atomic E-state index is 0.426. The van der Waals surface area contributed by atoms with Crippen molar-refractivity contribution in [3.8, 4) is 0 Å². The van der Waals surface area contributed by atoms with Gasteiger partial charge in [0.05, 0.1) is 0 Å². The van der Waals surface area contributed by atoms with Crippen molar-refractivity contribution in [2.45, 2.75) is 44.7 Å². The molecule has 0 amide bonds. The molecule has 0 nitrogen and oxygen atoms in total. The number of hydrogen-bond donors (Lipinski definition) is 0. The van der Waals surface area contributed by atoms with Crippen molar-refractivity contribution in [2.24, 2.45) is 5.92 Å². The van der Waals surface area contributed by atoms with Gasteiger partial charge in [-0.15, -0.1) is 0 Å². The maximum atomic E-state index is 12.9. The summed E-state index contributed by atoms with van der Waals surface area (Å²) in [6.07, 6.45) is -13.9. The fraction of sp³-hybridized carbons (Fsp3) is 1.00. The summed E-state index contributed by atoms with van der Waals surface area (Å²) in [6, 6.07) is 0. The molecule has 0 aromatic heterocycles. The topological polar surface area (TPSA) is 0 Å². The summed E-state index contributed by atoms with van der Waals surface area (Å²) < 4.78 is 84.7. The molecule has 0 N–H and O–H groups in total. The number of halogens is 7. The summed E-state index contributed by atoms with van der Waals surface area (Å²) in [5, 5.41) is 0. The zero-order chi connectivity index (χ0) is 12.5. The van der Waals surface area contributed by atoms with E-state index in [0.717, 1.165) is 0 Å². The van der Waals surface area contributed by atoms with Crippen LogP contribution in [0.2, 0.25) is 0 Å². The highest BCUT2D eigenvalue weighted by Crippen LogP contribution is 2.49. The molecule has 0 unspecified atom stereocenters. The molecule has 0 saturated carbocycles. The van der Waals surface area contributed by atoms with E-state index in [-0.39, 0.29) is 0 Å². The van der Waals surface area contributed by atoms with E-state index in [0.29, 0.717) is 0 Å². The molecule has 7 heteroatoms. The van der Waals surface area contributed by atoms with Crippen molar-refractivity contribution in [3.05, 3.63) is 0 Å². The van der Waals surface area contributed by atoms with Gasteiger partial charge in [0.25, 0.3) is 5.67 Å². The molecular formula is C8H11F7. The Morgan fingerprint density at radius 3 is 1.33 bits per heavy atom. The Kier molecular flexibility index (Phi) is 4.04. The lowest BCUT2D eigenvalue weighted by Crippen LogP contribution is -2.53. The number of alkyl halides is 7. The lowest BCUT2D eigenvalue weighted by molar-refractivity contribution is -0.343. The van der Waals surface area contributed by atoms with Crippen LogP contribution in [0.3, 0.4) is 0 Å². The summed E-state index contributed by atoms with van der Waals surface area (Å²) in [5.41, 5.74) is -5.09. The Labute approximate surface area is 82.5 Å². The van der Waals surface area contributed by atoms with E-state index in [1.165, 1.54) is 13.8 Å². The van der Waals surface area contributed by atoms with Gasteiger partial charge in [-0.05, 0) is 18.8 Å². The molecule has 0 rings (SSSR count). The second kappa shape index (κ2) is 4.17. The summed E-state index contributed by atoms with van der Waals surface area (Å²) in [5.74, 6) is -0.426. The number of hydrogen-bond acceptors (Lipinski definition) is 0. The third-order valence-corrected chi connectivity index (χ3v) is 1.96. The SMILES string of the molecule is CC(C)CCC(F)(C(F)(F)F)C(F)(F)F. The quantitative estimate of drug-likeness (QED) is 0.646. The van der Waals surface area contributed by atoms with Gasteiger partial charge in [-0.25, -0.2) is 4.39 Å². The normalized spacial score (nSPS) is 14.8. The van der Waals surface area contributed by atoms with E-state index in [4.69, 9.17) is 0 Å². The van der Waals surface area contributed by atoms with Crippen LogP contribution in [-0.4, -0.2) is 18.0 Å². The zero-order valence-corrected chi connectivity index (χ0v) is 8.14. The maximum absolute atomic E-state index is 12.9. The summed E-state index contributed by atoms with van der Waals surface area (Å²) >= 11 is 0. The second-order valence-corrected chi connectivity index (χ2v) is 3.73. The van der Waals surface area contributed by atoms with Gasteiger partial charge in [0.1, 0.15) is 0 Å². The summed E-state index contributed by atoms with van der Waals surface area (Å²) in [7, 11) is 0. The molecule has 0 aliphatic rings. The van der Waals surface area contributed by atoms with Gasteiger partial charge in [-0.2, -0.15) is 26.3 Å². The molecule has 0 aliphatic heterocycles. The molecule has 0 spiro atoms. The fourth-order valence-corrected chi connectivity index (χ4v) is 0.932. The molecule has 0 atom stereocenters. The third kappa shape index (κ3) is 3.24. The zero-order valence-electron chi connectivity index (χ0n) is 8.14. The van der Waals surface area contributed by atoms with Gasteiger partial charge in [-0.3, -0.25) is 0 Å². The monoisotopic (exact) mass is 240 g/mol. The minimum atomic E-state index is -5.92. The average Bonchev–Trinajstić information content (AvgIpc) is 1.95. The van der Waals surface area contributed by atoms with Gasteiger partial charge < -0.3 is 0 Å². The standard InChI is InChI=1S/C8H11F7/c1-5(2)3-4-6(9,7(10,11)12)8(13,14)15/h5H,3-4H2,1-2H3. The molecule has 0 aromatic rings. The first-order chi connectivity index (χ1) is 6.42. The fourth-order valence-electron chi connectivity index (χ4n) is 0.932. The molecule has 0 heterocycles. The van der Waals surface area contributed by atoms with Crippen LogP contribution in [0.4, 0.5) is 30.7 Å². The Balaban J connectivity index is 4.90. The summed E-state index contributed by atoms with van der Waals surface area (Å²) in [6.45, 7) is 2.85. The van der Waals surface area contributed by atoms with E-state index in [1.54, 1.807) is 0 Å². The molecule has 0 saturated heterocycles. The largest absolute Gasteiger partial charge is 0.431 e. The van der Waals surface area contributed by atoms with Gasteiger partial charge in [0.15, 0.2) is 0 Å². The van der Waals surface area contributed by atoms with Gasteiger partial charge >= 0.3 is 12.4 Å². The first-order valence-corrected chi connectivity index (χ1v) is 4.24. The van der Waals surface area contributed by atoms with E-state index in [1.807, 2.05) is 0 Å². The van der Waals surface area contributed by atoms with Crippen LogP contribution >= 0.6 is 0 Å². The van der Waals surface area contributed by atoms with Crippen molar-refractivity contribution >= 4 is 0 Å². The molecule has 0 fully saturated rings. The van der Waals surface area contributed by atoms with Crippen LogP contribution in [-0.2, 0) is 0 Å². The van der Waals surface area contributed by atoms with Crippen LogP contribution in [0.5, 0.6) is 0 Å². The van der Waals surface area contributed by atoms with Crippen LogP contribution < -0.4 is 0 Å².